The Morgan fingerprint density at radius 2 is 1.90 bits per heavy atom. The Hall–Kier alpha value is -1.51. The molecule has 1 aromatic carbocycles. The fourth-order valence-corrected chi connectivity index (χ4v) is 2.21. The smallest absolute Gasteiger partial charge is 0.253 e. The van der Waals surface area contributed by atoms with Crippen LogP contribution in [0.15, 0.2) is 18.2 Å². The third-order valence-corrected chi connectivity index (χ3v) is 3.56. The molecule has 0 unspecified atom stereocenters. The number of anilines is 1. The van der Waals surface area contributed by atoms with Crippen LogP contribution in [0, 0.1) is 12.8 Å². The number of nitrogens with one attached hydrogen (secondary N) is 1. The van der Waals surface area contributed by atoms with Crippen LogP contribution in [0.2, 0.25) is 0 Å². The monoisotopic (exact) mass is 276 g/mol. The molecule has 0 saturated heterocycles. The summed E-state index contributed by atoms with van der Waals surface area (Å²) in [6, 6.07) is 5.56. The largest absolute Gasteiger partial charge is 0.398 e. The zero-order valence-corrected chi connectivity index (χ0v) is 13.0. The fourth-order valence-electron chi connectivity index (χ4n) is 2.21. The molecule has 0 atom stereocenters. The first kappa shape index (κ1) is 16.5. The number of carbonyl (C=O) groups excluding carboxylic acids is 1. The topological polar surface area (TPSA) is 55.1 Å². The van der Waals surface area contributed by atoms with Gasteiger partial charge in [-0.3, -0.25) is 4.79 Å². The summed E-state index contributed by atoms with van der Waals surface area (Å²) in [6.45, 7) is 7.16. The highest BCUT2D eigenvalue weighted by Crippen LogP contribution is 2.16. The lowest BCUT2D eigenvalue weighted by atomic mass is 10.0. The summed E-state index contributed by atoms with van der Waals surface area (Å²) in [5, 5.41) is 2.95. The molecule has 20 heavy (non-hydrogen) atoms. The van der Waals surface area contributed by atoms with Gasteiger partial charge in [-0.05, 0) is 30.9 Å². The summed E-state index contributed by atoms with van der Waals surface area (Å²) >= 11 is 0. The Morgan fingerprint density at radius 1 is 1.20 bits per heavy atom. The first-order valence-corrected chi connectivity index (χ1v) is 7.65. The van der Waals surface area contributed by atoms with E-state index < -0.39 is 0 Å². The second-order valence-corrected chi connectivity index (χ2v) is 5.89. The van der Waals surface area contributed by atoms with Crippen LogP contribution in [0.1, 0.15) is 61.9 Å². The number of nitrogen functional groups attached to an aromatic ring is 1. The van der Waals surface area contributed by atoms with E-state index in [1.165, 1.54) is 25.7 Å². The third kappa shape index (κ3) is 5.64. The lowest BCUT2D eigenvalue weighted by Gasteiger charge is -2.09. The lowest BCUT2D eigenvalue weighted by Crippen LogP contribution is -2.25. The van der Waals surface area contributed by atoms with Crippen LogP contribution < -0.4 is 11.1 Å². The van der Waals surface area contributed by atoms with Crippen molar-refractivity contribution in [1.29, 1.82) is 0 Å². The first-order valence-electron chi connectivity index (χ1n) is 7.65. The highest BCUT2D eigenvalue weighted by molar-refractivity contribution is 5.99. The number of hydrogen-bond donors (Lipinski definition) is 2. The third-order valence-electron chi connectivity index (χ3n) is 3.56. The van der Waals surface area contributed by atoms with E-state index in [0.717, 1.165) is 24.4 Å². The van der Waals surface area contributed by atoms with E-state index in [-0.39, 0.29) is 5.91 Å². The molecule has 0 radical (unpaired) electrons. The standard InChI is InChI=1S/C17H28N2O/c1-13(2)9-6-4-5-7-12-19-17(20)15-11-8-10-14(3)16(15)18/h8,10-11,13H,4-7,9,12,18H2,1-3H3,(H,19,20). The second kappa shape index (κ2) is 8.62. The van der Waals surface area contributed by atoms with Crippen molar-refractivity contribution in [3.8, 4) is 0 Å². The molecule has 0 aromatic heterocycles. The number of carbonyl (C=O) groups is 1. The van der Waals surface area contributed by atoms with Gasteiger partial charge in [-0.1, -0.05) is 51.7 Å². The highest BCUT2D eigenvalue weighted by Gasteiger charge is 2.09. The molecule has 3 nitrogen and oxygen atoms in total. The SMILES string of the molecule is Cc1cccc(C(=O)NCCCCCCC(C)C)c1N. The maximum Gasteiger partial charge on any atom is 0.253 e. The van der Waals surface area contributed by atoms with Gasteiger partial charge in [0, 0.05) is 12.2 Å². The van der Waals surface area contributed by atoms with Crippen LogP contribution in [0.25, 0.3) is 0 Å². The van der Waals surface area contributed by atoms with E-state index >= 15 is 0 Å². The molecule has 0 fully saturated rings. The molecule has 1 amide bonds. The fraction of sp³-hybridized carbons (Fsp3) is 0.588. The van der Waals surface area contributed by atoms with Gasteiger partial charge in [0.1, 0.15) is 0 Å². The van der Waals surface area contributed by atoms with Crippen molar-refractivity contribution < 1.29 is 4.79 Å². The predicted octanol–water partition coefficient (Wildman–Crippen LogP) is 3.91. The molecule has 1 rings (SSSR count). The first-order chi connectivity index (χ1) is 9.52. The summed E-state index contributed by atoms with van der Waals surface area (Å²) in [5.74, 6) is 0.729. The van der Waals surface area contributed by atoms with Crippen LogP contribution in [0.4, 0.5) is 5.69 Å². The minimum Gasteiger partial charge on any atom is -0.398 e. The van der Waals surface area contributed by atoms with Crippen LogP contribution in [0.3, 0.4) is 0 Å². The van der Waals surface area contributed by atoms with Gasteiger partial charge in [0.2, 0.25) is 0 Å². The molecule has 3 heteroatoms. The quantitative estimate of drug-likeness (QED) is 0.558. The molecule has 0 heterocycles. The van der Waals surface area contributed by atoms with E-state index in [4.69, 9.17) is 5.73 Å². The molecule has 0 spiro atoms. The number of para-hydroxylation sites is 1. The van der Waals surface area contributed by atoms with Crippen molar-refractivity contribution in [3.63, 3.8) is 0 Å². The number of hydrogen-bond acceptors (Lipinski definition) is 2. The van der Waals surface area contributed by atoms with Crippen molar-refractivity contribution >= 4 is 11.6 Å². The summed E-state index contributed by atoms with van der Waals surface area (Å²) < 4.78 is 0. The summed E-state index contributed by atoms with van der Waals surface area (Å²) in [6.07, 6.45) is 6.05. The normalized spacial score (nSPS) is 10.8. The van der Waals surface area contributed by atoms with Crippen molar-refractivity contribution in [3.05, 3.63) is 29.3 Å². The molecular formula is C17H28N2O. The average molecular weight is 276 g/mol. The number of rotatable bonds is 8. The Bertz CT molecular complexity index is 427. The van der Waals surface area contributed by atoms with Gasteiger partial charge in [-0.15, -0.1) is 0 Å². The summed E-state index contributed by atoms with van der Waals surface area (Å²) in [5.41, 5.74) is 8.04. The zero-order valence-electron chi connectivity index (χ0n) is 13.0. The van der Waals surface area contributed by atoms with E-state index in [0.29, 0.717) is 11.3 Å². The van der Waals surface area contributed by atoms with Crippen molar-refractivity contribution in [1.82, 2.24) is 5.32 Å². The van der Waals surface area contributed by atoms with Gasteiger partial charge in [0.05, 0.1) is 5.56 Å². The zero-order chi connectivity index (χ0) is 15.0. The van der Waals surface area contributed by atoms with Gasteiger partial charge in [-0.2, -0.15) is 0 Å². The summed E-state index contributed by atoms with van der Waals surface area (Å²) in [4.78, 5) is 12.0. The van der Waals surface area contributed by atoms with E-state index in [2.05, 4.69) is 19.2 Å². The van der Waals surface area contributed by atoms with Crippen LogP contribution >= 0.6 is 0 Å². The number of nitrogens with two attached hydrogens (primary N) is 1. The van der Waals surface area contributed by atoms with Crippen molar-refractivity contribution in [2.45, 2.75) is 52.9 Å². The Kier molecular flexibility index (Phi) is 7.13. The maximum atomic E-state index is 12.0. The molecule has 0 aliphatic rings. The van der Waals surface area contributed by atoms with Gasteiger partial charge in [0.15, 0.2) is 0 Å². The number of aryl methyl sites for hydroxylation is 1. The van der Waals surface area contributed by atoms with Crippen molar-refractivity contribution in [2.24, 2.45) is 5.92 Å². The summed E-state index contributed by atoms with van der Waals surface area (Å²) in [7, 11) is 0. The number of benzene rings is 1. The molecule has 0 saturated carbocycles. The molecule has 112 valence electrons. The molecule has 3 N–H and O–H groups in total. The van der Waals surface area contributed by atoms with E-state index in [1.54, 1.807) is 6.07 Å². The minimum atomic E-state index is -0.0617. The van der Waals surface area contributed by atoms with E-state index in [1.807, 2.05) is 19.1 Å². The van der Waals surface area contributed by atoms with Crippen LogP contribution in [-0.4, -0.2) is 12.5 Å². The van der Waals surface area contributed by atoms with Gasteiger partial charge in [-0.25, -0.2) is 0 Å². The minimum absolute atomic E-state index is 0.0617. The van der Waals surface area contributed by atoms with Gasteiger partial charge >= 0.3 is 0 Å². The lowest BCUT2D eigenvalue weighted by molar-refractivity contribution is 0.0953. The molecule has 0 aliphatic heterocycles. The Labute approximate surface area is 122 Å². The van der Waals surface area contributed by atoms with Gasteiger partial charge in [0.25, 0.3) is 5.91 Å². The number of amides is 1. The van der Waals surface area contributed by atoms with E-state index in [9.17, 15) is 4.79 Å². The molecular weight excluding hydrogens is 248 g/mol. The maximum absolute atomic E-state index is 12.0. The highest BCUT2D eigenvalue weighted by atomic mass is 16.1. The molecule has 1 aromatic rings. The Balaban J connectivity index is 2.22. The van der Waals surface area contributed by atoms with Crippen LogP contribution in [-0.2, 0) is 0 Å². The molecule has 0 bridgehead atoms. The van der Waals surface area contributed by atoms with Gasteiger partial charge < -0.3 is 11.1 Å². The predicted molar refractivity (Wildman–Crippen MR) is 85.8 cm³/mol. The second-order valence-electron chi connectivity index (χ2n) is 5.89. The van der Waals surface area contributed by atoms with Crippen LogP contribution in [0.5, 0.6) is 0 Å². The average Bonchev–Trinajstić information content (AvgIpc) is 2.40. The number of unbranched alkanes of at least 4 members (excludes halogenated alkanes) is 3. The van der Waals surface area contributed by atoms with Crippen molar-refractivity contribution in [2.75, 3.05) is 12.3 Å². The Morgan fingerprint density at radius 3 is 2.60 bits per heavy atom. The molecule has 0 aliphatic carbocycles.